The first-order chi connectivity index (χ1) is 8.77. The van der Waals surface area contributed by atoms with E-state index in [1.165, 1.54) is 50.5 Å². The first-order valence-corrected chi connectivity index (χ1v) is 7.58. The number of rotatable bonds is 9. The standard InChI is InChI=1S/C17H28O/c1-3-5-6-7-8-9-10-11-15-12-13-17(18)16(4-2)14-15/h12-14,18H,3-11H2,1-2H3. The van der Waals surface area contributed by atoms with Gasteiger partial charge >= 0.3 is 0 Å². The summed E-state index contributed by atoms with van der Waals surface area (Å²) in [5.41, 5.74) is 2.45. The van der Waals surface area contributed by atoms with E-state index in [0.29, 0.717) is 5.75 Å². The Morgan fingerprint density at radius 3 is 2.22 bits per heavy atom. The van der Waals surface area contributed by atoms with Gasteiger partial charge in [0.25, 0.3) is 0 Å². The Morgan fingerprint density at radius 1 is 0.889 bits per heavy atom. The second-order valence-corrected chi connectivity index (χ2v) is 5.19. The van der Waals surface area contributed by atoms with Gasteiger partial charge in [0.15, 0.2) is 0 Å². The molecule has 1 rings (SSSR count). The highest BCUT2D eigenvalue weighted by molar-refractivity contribution is 5.36. The molecule has 0 atom stereocenters. The molecule has 0 amide bonds. The predicted molar refractivity (Wildman–Crippen MR) is 79.2 cm³/mol. The van der Waals surface area contributed by atoms with Crippen LogP contribution in [-0.4, -0.2) is 5.11 Å². The summed E-state index contributed by atoms with van der Waals surface area (Å²) in [6.45, 7) is 4.35. The highest BCUT2D eigenvalue weighted by Crippen LogP contribution is 2.20. The minimum Gasteiger partial charge on any atom is -0.508 e. The molecule has 0 radical (unpaired) electrons. The molecule has 102 valence electrons. The van der Waals surface area contributed by atoms with Crippen LogP contribution in [0.1, 0.15) is 69.9 Å². The molecule has 1 aromatic rings. The average Bonchev–Trinajstić information content (AvgIpc) is 2.39. The lowest BCUT2D eigenvalue weighted by Crippen LogP contribution is -1.89. The highest BCUT2D eigenvalue weighted by atomic mass is 16.3. The van der Waals surface area contributed by atoms with E-state index >= 15 is 0 Å². The maximum absolute atomic E-state index is 9.63. The highest BCUT2D eigenvalue weighted by Gasteiger charge is 2.00. The van der Waals surface area contributed by atoms with Gasteiger partial charge in [-0.2, -0.15) is 0 Å². The lowest BCUT2D eigenvalue weighted by atomic mass is 10.0. The van der Waals surface area contributed by atoms with Gasteiger partial charge in [-0.15, -0.1) is 0 Å². The van der Waals surface area contributed by atoms with Gasteiger partial charge in [0, 0.05) is 0 Å². The van der Waals surface area contributed by atoms with E-state index in [1.54, 1.807) is 0 Å². The van der Waals surface area contributed by atoms with Crippen molar-refractivity contribution in [3.8, 4) is 5.75 Å². The first kappa shape index (κ1) is 15.1. The molecule has 1 aromatic carbocycles. The van der Waals surface area contributed by atoms with Crippen LogP contribution in [0.4, 0.5) is 0 Å². The Kier molecular flexibility index (Phi) is 7.55. The molecule has 18 heavy (non-hydrogen) atoms. The molecule has 0 unspecified atom stereocenters. The summed E-state index contributed by atoms with van der Waals surface area (Å²) < 4.78 is 0. The van der Waals surface area contributed by atoms with Crippen LogP contribution in [0.25, 0.3) is 0 Å². The third-order valence-electron chi connectivity index (χ3n) is 3.59. The number of aryl methyl sites for hydroxylation is 2. The molecule has 0 aliphatic rings. The average molecular weight is 248 g/mol. The Hall–Kier alpha value is -0.980. The summed E-state index contributed by atoms with van der Waals surface area (Å²) in [4.78, 5) is 0. The quantitative estimate of drug-likeness (QED) is 0.592. The van der Waals surface area contributed by atoms with E-state index in [4.69, 9.17) is 0 Å². The van der Waals surface area contributed by atoms with E-state index in [9.17, 15) is 5.11 Å². The van der Waals surface area contributed by atoms with Gasteiger partial charge in [0.2, 0.25) is 0 Å². The second kappa shape index (κ2) is 9.02. The van der Waals surface area contributed by atoms with Gasteiger partial charge < -0.3 is 5.11 Å². The van der Waals surface area contributed by atoms with Gasteiger partial charge in [0.05, 0.1) is 0 Å². The maximum Gasteiger partial charge on any atom is 0.118 e. The molecule has 0 aliphatic heterocycles. The molecule has 0 saturated heterocycles. The molecule has 1 heteroatoms. The molecule has 0 fully saturated rings. The van der Waals surface area contributed by atoms with Gasteiger partial charge in [-0.05, 0) is 36.5 Å². The number of hydrogen-bond acceptors (Lipinski definition) is 1. The van der Waals surface area contributed by atoms with Gasteiger partial charge in [-0.3, -0.25) is 0 Å². The normalized spacial score (nSPS) is 10.8. The van der Waals surface area contributed by atoms with Crippen molar-refractivity contribution in [1.29, 1.82) is 0 Å². The SMILES string of the molecule is CCCCCCCCCc1ccc(O)c(CC)c1. The lowest BCUT2D eigenvalue weighted by molar-refractivity contribution is 0.468. The van der Waals surface area contributed by atoms with E-state index in [1.807, 2.05) is 6.07 Å². The zero-order chi connectivity index (χ0) is 13.2. The zero-order valence-electron chi connectivity index (χ0n) is 12.0. The van der Waals surface area contributed by atoms with Crippen LogP contribution in [0.15, 0.2) is 18.2 Å². The third-order valence-corrected chi connectivity index (χ3v) is 3.59. The molecule has 0 heterocycles. The van der Waals surface area contributed by atoms with Crippen molar-refractivity contribution in [2.75, 3.05) is 0 Å². The number of hydrogen-bond donors (Lipinski definition) is 1. The van der Waals surface area contributed by atoms with Crippen molar-refractivity contribution < 1.29 is 5.11 Å². The van der Waals surface area contributed by atoms with Crippen molar-refractivity contribution in [2.45, 2.75) is 71.6 Å². The Morgan fingerprint density at radius 2 is 1.56 bits per heavy atom. The summed E-state index contributed by atoms with van der Waals surface area (Å²) in [5.74, 6) is 0.445. The van der Waals surface area contributed by atoms with Crippen LogP contribution in [0.2, 0.25) is 0 Å². The molecule has 1 N–H and O–H groups in total. The fourth-order valence-corrected chi connectivity index (χ4v) is 2.36. The van der Waals surface area contributed by atoms with Crippen LogP contribution in [0.3, 0.4) is 0 Å². The molecule has 0 aromatic heterocycles. The zero-order valence-corrected chi connectivity index (χ0v) is 12.0. The van der Waals surface area contributed by atoms with Crippen LogP contribution < -0.4 is 0 Å². The molecular formula is C17H28O. The molecule has 0 aliphatic carbocycles. The Balaban J connectivity index is 2.19. The van der Waals surface area contributed by atoms with Crippen LogP contribution in [0, 0.1) is 0 Å². The largest absolute Gasteiger partial charge is 0.508 e. The molecule has 1 nitrogen and oxygen atoms in total. The topological polar surface area (TPSA) is 20.2 Å². The number of unbranched alkanes of at least 4 members (excludes halogenated alkanes) is 6. The van der Waals surface area contributed by atoms with Gasteiger partial charge in [0.1, 0.15) is 5.75 Å². The predicted octanol–water partition coefficient (Wildman–Crippen LogP) is 5.25. The van der Waals surface area contributed by atoms with Crippen molar-refractivity contribution in [3.63, 3.8) is 0 Å². The van der Waals surface area contributed by atoms with Crippen LogP contribution in [0.5, 0.6) is 5.75 Å². The third kappa shape index (κ3) is 5.57. The summed E-state index contributed by atoms with van der Waals surface area (Å²) in [6.07, 6.45) is 11.6. The number of phenols is 1. The van der Waals surface area contributed by atoms with Crippen LogP contribution in [-0.2, 0) is 12.8 Å². The van der Waals surface area contributed by atoms with Crippen molar-refractivity contribution in [1.82, 2.24) is 0 Å². The van der Waals surface area contributed by atoms with Gasteiger partial charge in [-0.1, -0.05) is 64.5 Å². The molecule has 0 bridgehead atoms. The molecular weight excluding hydrogens is 220 g/mol. The van der Waals surface area contributed by atoms with Crippen LogP contribution >= 0.6 is 0 Å². The fraction of sp³-hybridized carbons (Fsp3) is 0.647. The summed E-state index contributed by atoms with van der Waals surface area (Å²) >= 11 is 0. The lowest BCUT2D eigenvalue weighted by Gasteiger charge is -2.06. The maximum atomic E-state index is 9.63. The van der Waals surface area contributed by atoms with Gasteiger partial charge in [-0.25, -0.2) is 0 Å². The van der Waals surface area contributed by atoms with Crippen molar-refractivity contribution >= 4 is 0 Å². The smallest absolute Gasteiger partial charge is 0.118 e. The van der Waals surface area contributed by atoms with E-state index in [-0.39, 0.29) is 0 Å². The summed E-state index contributed by atoms with van der Waals surface area (Å²) in [6, 6.07) is 6.06. The fourth-order valence-electron chi connectivity index (χ4n) is 2.36. The van der Waals surface area contributed by atoms with Crippen molar-refractivity contribution in [3.05, 3.63) is 29.3 Å². The minimum absolute atomic E-state index is 0.445. The summed E-state index contributed by atoms with van der Waals surface area (Å²) in [7, 11) is 0. The number of benzene rings is 1. The molecule has 0 saturated carbocycles. The van der Waals surface area contributed by atoms with E-state index in [2.05, 4.69) is 26.0 Å². The Bertz CT molecular complexity index is 330. The Labute approximate surface area is 112 Å². The monoisotopic (exact) mass is 248 g/mol. The van der Waals surface area contributed by atoms with Crippen molar-refractivity contribution in [2.24, 2.45) is 0 Å². The van der Waals surface area contributed by atoms with E-state index < -0.39 is 0 Å². The minimum atomic E-state index is 0.445. The number of phenolic OH excluding ortho intramolecular Hbond substituents is 1. The number of aromatic hydroxyl groups is 1. The molecule has 0 spiro atoms. The first-order valence-electron chi connectivity index (χ1n) is 7.58. The second-order valence-electron chi connectivity index (χ2n) is 5.19. The summed E-state index contributed by atoms with van der Waals surface area (Å²) in [5, 5.41) is 9.63. The van der Waals surface area contributed by atoms with E-state index in [0.717, 1.165) is 18.4 Å².